The summed E-state index contributed by atoms with van der Waals surface area (Å²) in [5.41, 5.74) is 6.78. The number of unbranched alkanes of at least 4 members (excludes halogenated alkanes) is 2. The highest BCUT2D eigenvalue weighted by Gasteiger charge is 1.89. The van der Waals surface area contributed by atoms with Crippen molar-refractivity contribution in [1.82, 2.24) is 0 Å². The molecule has 0 bridgehead atoms. The number of nitrogens with two attached hydrogens (primary N) is 1. The second-order valence-corrected chi connectivity index (χ2v) is 3.58. The molecule has 0 aromatic heterocycles. The van der Waals surface area contributed by atoms with Crippen LogP contribution in [0.3, 0.4) is 0 Å². The first-order chi connectivity index (χ1) is 7.43. The van der Waals surface area contributed by atoms with Crippen molar-refractivity contribution in [1.29, 1.82) is 0 Å². The molecule has 0 spiro atoms. The predicted octanol–water partition coefficient (Wildman–Crippen LogP) is 2.75. The van der Waals surface area contributed by atoms with Gasteiger partial charge in [-0.05, 0) is 31.4 Å². The Kier molecular flexibility index (Phi) is 6.36. The van der Waals surface area contributed by atoms with Gasteiger partial charge in [-0.3, -0.25) is 0 Å². The van der Waals surface area contributed by atoms with E-state index in [1.54, 1.807) is 0 Å². The van der Waals surface area contributed by atoms with Crippen molar-refractivity contribution in [3.8, 4) is 11.8 Å². The minimum absolute atomic E-state index is 0.749. The zero-order valence-electron chi connectivity index (χ0n) is 9.21. The summed E-state index contributed by atoms with van der Waals surface area (Å²) < 4.78 is 0. The van der Waals surface area contributed by atoms with Gasteiger partial charge in [0, 0.05) is 12.8 Å². The summed E-state index contributed by atoms with van der Waals surface area (Å²) in [5.74, 6) is 6.33. The van der Waals surface area contributed by atoms with Gasteiger partial charge in [-0.25, -0.2) is 0 Å². The van der Waals surface area contributed by atoms with E-state index in [0.717, 1.165) is 38.6 Å². The van der Waals surface area contributed by atoms with Gasteiger partial charge in [0.1, 0.15) is 0 Å². The summed E-state index contributed by atoms with van der Waals surface area (Å²) in [7, 11) is 0. The summed E-state index contributed by atoms with van der Waals surface area (Å²) >= 11 is 0. The van der Waals surface area contributed by atoms with Gasteiger partial charge in [0.25, 0.3) is 0 Å². The third kappa shape index (κ3) is 5.93. The molecule has 0 saturated carbocycles. The number of benzene rings is 1. The molecule has 0 unspecified atom stereocenters. The van der Waals surface area contributed by atoms with E-state index in [0.29, 0.717) is 0 Å². The molecule has 1 rings (SSSR count). The molecule has 0 atom stereocenters. The Labute approximate surface area is 92.7 Å². The SMILES string of the molecule is NCCCC#CCCCc1ccccc1. The molecule has 1 heteroatoms. The van der Waals surface area contributed by atoms with Crippen LogP contribution in [-0.2, 0) is 6.42 Å². The molecule has 1 aromatic rings. The largest absolute Gasteiger partial charge is 0.330 e. The van der Waals surface area contributed by atoms with E-state index in [4.69, 9.17) is 5.73 Å². The van der Waals surface area contributed by atoms with E-state index < -0.39 is 0 Å². The van der Waals surface area contributed by atoms with Crippen LogP contribution in [0.2, 0.25) is 0 Å². The van der Waals surface area contributed by atoms with Gasteiger partial charge >= 0.3 is 0 Å². The molecule has 0 radical (unpaired) electrons. The standard InChI is InChI=1S/C14H19N/c15-13-9-4-2-1-3-6-10-14-11-7-5-8-12-14/h5,7-8,11-12H,3-4,6,9-10,13,15H2. The molecular weight excluding hydrogens is 182 g/mol. The van der Waals surface area contributed by atoms with E-state index >= 15 is 0 Å². The fraction of sp³-hybridized carbons (Fsp3) is 0.429. The van der Waals surface area contributed by atoms with E-state index in [9.17, 15) is 0 Å². The molecular formula is C14H19N. The Hall–Kier alpha value is -1.26. The first-order valence-corrected chi connectivity index (χ1v) is 5.63. The van der Waals surface area contributed by atoms with Crippen molar-refractivity contribution in [2.45, 2.75) is 32.1 Å². The molecule has 0 heterocycles. The van der Waals surface area contributed by atoms with Gasteiger partial charge in [-0.15, -0.1) is 11.8 Å². The lowest BCUT2D eigenvalue weighted by Crippen LogP contribution is -1.96. The van der Waals surface area contributed by atoms with Crippen molar-refractivity contribution in [3.05, 3.63) is 35.9 Å². The normalized spacial score (nSPS) is 9.40. The number of aryl methyl sites for hydroxylation is 1. The van der Waals surface area contributed by atoms with Gasteiger partial charge in [0.15, 0.2) is 0 Å². The van der Waals surface area contributed by atoms with E-state index in [1.807, 2.05) is 0 Å². The van der Waals surface area contributed by atoms with Gasteiger partial charge in [-0.1, -0.05) is 30.3 Å². The Balaban J connectivity index is 2.08. The van der Waals surface area contributed by atoms with E-state index in [2.05, 4.69) is 42.2 Å². The zero-order valence-corrected chi connectivity index (χ0v) is 9.21. The van der Waals surface area contributed by atoms with Crippen LogP contribution >= 0.6 is 0 Å². The van der Waals surface area contributed by atoms with Gasteiger partial charge in [0.2, 0.25) is 0 Å². The van der Waals surface area contributed by atoms with Crippen molar-refractivity contribution in [2.75, 3.05) is 6.54 Å². The Morgan fingerprint density at radius 1 is 0.933 bits per heavy atom. The van der Waals surface area contributed by atoms with Crippen LogP contribution in [0.4, 0.5) is 0 Å². The molecule has 1 aromatic carbocycles. The third-order valence-electron chi connectivity index (χ3n) is 2.24. The summed E-state index contributed by atoms with van der Waals surface area (Å²) in [6, 6.07) is 10.6. The van der Waals surface area contributed by atoms with E-state index in [-0.39, 0.29) is 0 Å². The highest BCUT2D eigenvalue weighted by atomic mass is 14.5. The minimum atomic E-state index is 0.749. The molecule has 0 aliphatic heterocycles. The summed E-state index contributed by atoms with van der Waals surface area (Å²) in [6.45, 7) is 0.749. The zero-order chi connectivity index (χ0) is 10.8. The Morgan fingerprint density at radius 3 is 2.27 bits per heavy atom. The summed E-state index contributed by atoms with van der Waals surface area (Å²) in [5, 5.41) is 0. The van der Waals surface area contributed by atoms with Crippen LogP contribution in [0.25, 0.3) is 0 Å². The average molecular weight is 201 g/mol. The molecule has 0 aliphatic carbocycles. The molecule has 15 heavy (non-hydrogen) atoms. The smallest absolute Gasteiger partial charge is 0.0101 e. The fourth-order valence-electron chi connectivity index (χ4n) is 1.39. The second kappa shape index (κ2) is 8.08. The highest BCUT2D eigenvalue weighted by molar-refractivity contribution is 5.14. The maximum atomic E-state index is 5.38. The molecule has 0 saturated heterocycles. The maximum absolute atomic E-state index is 5.38. The van der Waals surface area contributed by atoms with Crippen LogP contribution in [0.5, 0.6) is 0 Å². The lowest BCUT2D eigenvalue weighted by Gasteiger charge is -1.96. The van der Waals surface area contributed by atoms with Crippen molar-refractivity contribution >= 4 is 0 Å². The van der Waals surface area contributed by atoms with Crippen LogP contribution in [0.15, 0.2) is 30.3 Å². The summed E-state index contributed by atoms with van der Waals surface area (Å²) in [4.78, 5) is 0. The molecule has 0 aliphatic rings. The molecule has 0 amide bonds. The average Bonchev–Trinajstić information content (AvgIpc) is 2.29. The van der Waals surface area contributed by atoms with Gasteiger partial charge in [-0.2, -0.15) is 0 Å². The lowest BCUT2D eigenvalue weighted by molar-refractivity contribution is 0.848. The molecule has 0 fully saturated rings. The minimum Gasteiger partial charge on any atom is -0.330 e. The fourth-order valence-corrected chi connectivity index (χ4v) is 1.39. The quantitative estimate of drug-likeness (QED) is 0.575. The van der Waals surface area contributed by atoms with Crippen molar-refractivity contribution < 1.29 is 0 Å². The first-order valence-electron chi connectivity index (χ1n) is 5.63. The topological polar surface area (TPSA) is 26.0 Å². The second-order valence-electron chi connectivity index (χ2n) is 3.58. The Bertz CT molecular complexity index is 305. The Morgan fingerprint density at radius 2 is 1.60 bits per heavy atom. The molecule has 1 nitrogen and oxygen atoms in total. The predicted molar refractivity (Wildman–Crippen MR) is 65.4 cm³/mol. The van der Waals surface area contributed by atoms with Crippen molar-refractivity contribution in [3.63, 3.8) is 0 Å². The third-order valence-corrected chi connectivity index (χ3v) is 2.24. The number of hydrogen-bond donors (Lipinski definition) is 1. The van der Waals surface area contributed by atoms with Crippen LogP contribution in [0, 0.1) is 11.8 Å². The van der Waals surface area contributed by atoms with Crippen LogP contribution < -0.4 is 5.73 Å². The summed E-state index contributed by atoms with van der Waals surface area (Å²) in [6.07, 6.45) is 5.25. The maximum Gasteiger partial charge on any atom is 0.0101 e. The molecule has 80 valence electrons. The van der Waals surface area contributed by atoms with Gasteiger partial charge in [0.05, 0.1) is 0 Å². The van der Waals surface area contributed by atoms with Gasteiger partial charge < -0.3 is 5.73 Å². The lowest BCUT2D eigenvalue weighted by atomic mass is 10.1. The molecule has 2 N–H and O–H groups in total. The van der Waals surface area contributed by atoms with Crippen LogP contribution in [-0.4, -0.2) is 6.54 Å². The number of rotatable bonds is 5. The highest BCUT2D eigenvalue weighted by Crippen LogP contribution is 2.03. The van der Waals surface area contributed by atoms with Crippen LogP contribution in [0.1, 0.15) is 31.2 Å². The number of hydrogen-bond acceptors (Lipinski definition) is 1. The monoisotopic (exact) mass is 201 g/mol. The van der Waals surface area contributed by atoms with Crippen molar-refractivity contribution in [2.24, 2.45) is 5.73 Å². The van der Waals surface area contributed by atoms with E-state index in [1.165, 1.54) is 5.56 Å². The first kappa shape index (κ1) is 11.8.